The second-order valence-corrected chi connectivity index (χ2v) is 8.00. The maximum absolute atomic E-state index is 13.2. The number of fused-ring (bicyclic) bond motifs is 1. The summed E-state index contributed by atoms with van der Waals surface area (Å²) in [6, 6.07) is 28.2. The molecule has 172 valence electrons. The number of amides is 1. The van der Waals surface area contributed by atoms with E-state index in [1.165, 1.54) is 0 Å². The summed E-state index contributed by atoms with van der Waals surface area (Å²) in [5, 5.41) is 4.78. The van der Waals surface area contributed by atoms with Gasteiger partial charge in [0.2, 0.25) is 0 Å². The fourth-order valence-electron chi connectivity index (χ4n) is 3.81. The summed E-state index contributed by atoms with van der Waals surface area (Å²) in [6.07, 6.45) is 1.82. The Balaban J connectivity index is 1.57. The Bertz CT molecular complexity index is 1280. The molecule has 4 aromatic carbocycles. The van der Waals surface area contributed by atoms with E-state index in [0.717, 1.165) is 41.2 Å². The van der Waals surface area contributed by atoms with Crippen LogP contribution in [0.15, 0.2) is 91.0 Å². The second-order valence-electron chi connectivity index (χ2n) is 8.00. The minimum Gasteiger partial charge on any atom is -0.429 e. The van der Waals surface area contributed by atoms with Crippen molar-refractivity contribution in [2.24, 2.45) is 0 Å². The Labute approximate surface area is 199 Å². The van der Waals surface area contributed by atoms with E-state index < -0.39 is 6.16 Å². The van der Waals surface area contributed by atoms with Crippen LogP contribution in [-0.4, -0.2) is 12.1 Å². The molecule has 0 spiro atoms. The molecule has 0 aromatic heterocycles. The third-order valence-corrected chi connectivity index (χ3v) is 5.56. The standard InChI is InChI=1S/C29H27NO4/c1-2-3-13-23-16-10-19-26(27(23)34-29(32)33-20-21-11-5-4-6-12-21)30-28(31)25-18-9-15-22-14-7-8-17-24(22)25/h4-12,14-19H,2-3,13,20H2,1H3,(H,30,31). The first-order chi connectivity index (χ1) is 16.7. The van der Waals surface area contributed by atoms with Crippen LogP contribution in [0.25, 0.3) is 10.8 Å². The van der Waals surface area contributed by atoms with Gasteiger partial charge in [0, 0.05) is 5.56 Å². The highest BCUT2D eigenvalue weighted by Crippen LogP contribution is 2.32. The number of aryl methyl sites for hydroxylation is 1. The zero-order valence-electron chi connectivity index (χ0n) is 19.1. The Morgan fingerprint density at radius 2 is 1.56 bits per heavy atom. The first-order valence-corrected chi connectivity index (χ1v) is 11.4. The van der Waals surface area contributed by atoms with Gasteiger partial charge in [-0.2, -0.15) is 0 Å². The van der Waals surface area contributed by atoms with Crippen molar-refractivity contribution in [1.29, 1.82) is 0 Å². The maximum Gasteiger partial charge on any atom is 0.514 e. The molecule has 5 nitrogen and oxygen atoms in total. The van der Waals surface area contributed by atoms with Crippen LogP contribution < -0.4 is 10.1 Å². The monoisotopic (exact) mass is 453 g/mol. The van der Waals surface area contributed by atoms with Crippen molar-refractivity contribution < 1.29 is 19.1 Å². The minimum absolute atomic E-state index is 0.106. The summed E-state index contributed by atoms with van der Waals surface area (Å²) in [6.45, 7) is 2.20. The van der Waals surface area contributed by atoms with Gasteiger partial charge in [0.05, 0.1) is 5.69 Å². The van der Waals surface area contributed by atoms with Gasteiger partial charge in [0.25, 0.3) is 5.91 Å². The van der Waals surface area contributed by atoms with Crippen LogP contribution in [0.2, 0.25) is 0 Å². The highest BCUT2D eigenvalue weighted by Gasteiger charge is 2.18. The molecule has 1 N–H and O–H groups in total. The average molecular weight is 454 g/mol. The second kappa shape index (κ2) is 11.1. The van der Waals surface area contributed by atoms with Gasteiger partial charge >= 0.3 is 6.16 Å². The molecular weight excluding hydrogens is 426 g/mol. The van der Waals surface area contributed by atoms with Crippen LogP contribution in [-0.2, 0) is 17.8 Å². The average Bonchev–Trinajstić information content (AvgIpc) is 2.88. The quantitative estimate of drug-likeness (QED) is 0.227. The first kappa shape index (κ1) is 23.1. The molecular formula is C29H27NO4. The molecule has 0 aliphatic carbocycles. The minimum atomic E-state index is -0.812. The summed E-state index contributed by atoms with van der Waals surface area (Å²) in [5.74, 6) is 0.0505. The van der Waals surface area contributed by atoms with Gasteiger partial charge in [0.15, 0.2) is 5.75 Å². The third-order valence-electron chi connectivity index (χ3n) is 5.56. The Kier molecular flexibility index (Phi) is 7.56. The highest BCUT2D eigenvalue weighted by atomic mass is 16.7. The number of para-hydroxylation sites is 1. The number of hydrogen-bond acceptors (Lipinski definition) is 4. The molecule has 4 aromatic rings. The van der Waals surface area contributed by atoms with Gasteiger partial charge in [-0.1, -0.05) is 92.2 Å². The van der Waals surface area contributed by atoms with Crippen LogP contribution >= 0.6 is 0 Å². The van der Waals surface area contributed by atoms with E-state index in [1.54, 1.807) is 12.1 Å². The molecule has 34 heavy (non-hydrogen) atoms. The molecule has 0 unspecified atom stereocenters. The van der Waals surface area contributed by atoms with E-state index in [-0.39, 0.29) is 12.5 Å². The summed E-state index contributed by atoms with van der Waals surface area (Å²) < 4.78 is 11.0. The molecule has 0 bridgehead atoms. The predicted octanol–water partition coefficient (Wildman–Crippen LogP) is 7.15. The van der Waals surface area contributed by atoms with Crippen LogP contribution in [0.5, 0.6) is 5.75 Å². The molecule has 0 radical (unpaired) electrons. The smallest absolute Gasteiger partial charge is 0.429 e. The predicted molar refractivity (Wildman–Crippen MR) is 134 cm³/mol. The van der Waals surface area contributed by atoms with Gasteiger partial charge in [-0.3, -0.25) is 4.79 Å². The number of carbonyl (C=O) groups excluding carboxylic acids is 2. The Morgan fingerprint density at radius 1 is 0.824 bits per heavy atom. The van der Waals surface area contributed by atoms with Crippen LogP contribution in [0.4, 0.5) is 10.5 Å². The van der Waals surface area contributed by atoms with Crippen molar-refractivity contribution in [2.45, 2.75) is 32.8 Å². The number of benzene rings is 4. The van der Waals surface area contributed by atoms with Crippen molar-refractivity contribution in [2.75, 3.05) is 5.32 Å². The molecule has 0 aliphatic rings. The van der Waals surface area contributed by atoms with E-state index in [4.69, 9.17) is 9.47 Å². The molecule has 1 amide bonds. The molecule has 0 fully saturated rings. The summed E-state index contributed by atoms with van der Waals surface area (Å²) in [5.41, 5.74) is 2.69. The zero-order valence-corrected chi connectivity index (χ0v) is 19.1. The van der Waals surface area contributed by atoms with Gasteiger partial charge in [-0.15, -0.1) is 0 Å². The number of carbonyl (C=O) groups is 2. The number of nitrogens with one attached hydrogen (secondary N) is 1. The molecule has 0 heterocycles. The van der Waals surface area contributed by atoms with E-state index >= 15 is 0 Å². The first-order valence-electron chi connectivity index (χ1n) is 11.4. The van der Waals surface area contributed by atoms with Gasteiger partial charge < -0.3 is 14.8 Å². The van der Waals surface area contributed by atoms with Crippen molar-refractivity contribution in [3.05, 3.63) is 108 Å². The lowest BCUT2D eigenvalue weighted by molar-refractivity contribution is 0.0921. The Hall–Kier alpha value is -4.12. The summed E-state index contributed by atoms with van der Waals surface area (Å²) in [4.78, 5) is 25.8. The van der Waals surface area contributed by atoms with E-state index in [2.05, 4.69) is 12.2 Å². The highest BCUT2D eigenvalue weighted by molar-refractivity contribution is 6.13. The maximum atomic E-state index is 13.2. The van der Waals surface area contributed by atoms with E-state index in [1.807, 2.05) is 78.9 Å². The van der Waals surface area contributed by atoms with Crippen LogP contribution in [0.1, 0.15) is 41.3 Å². The summed E-state index contributed by atoms with van der Waals surface area (Å²) >= 11 is 0. The summed E-state index contributed by atoms with van der Waals surface area (Å²) in [7, 11) is 0. The SMILES string of the molecule is CCCCc1cccc(NC(=O)c2cccc3ccccc23)c1OC(=O)OCc1ccccc1. The molecule has 0 saturated carbocycles. The fraction of sp³-hybridized carbons (Fsp3) is 0.172. The van der Waals surface area contributed by atoms with Gasteiger partial charge in [0.1, 0.15) is 6.61 Å². The molecule has 0 atom stereocenters. The largest absolute Gasteiger partial charge is 0.514 e. The molecule has 0 saturated heterocycles. The lowest BCUT2D eigenvalue weighted by Gasteiger charge is -2.16. The normalized spacial score (nSPS) is 10.6. The number of anilines is 1. The van der Waals surface area contributed by atoms with Crippen molar-refractivity contribution in [3.8, 4) is 5.75 Å². The molecule has 5 heteroatoms. The van der Waals surface area contributed by atoms with Crippen LogP contribution in [0, 0.1) is 0 Å². The topological polar surface area (TPSA) is 64.6 Å². The van der Waals surface area contributed by atoms with Crippen molar-refractivity contribution in [1.82, 2.24) is 0 Å². The van der Waals surface area contributed by atoms with Crippen molar-refractivity contribution in [3.63, 3.8) is 0 Å². The number of hydrogen-bond donors (Lipinski definition) is 1. The van der Waals surface area contributed by atoms with E-state index in [0.29, 0.717) is 17.0 Å². The Morgan fingerprint density at radius 3 is 2.38 bits per heavy atom. The lowest BCUT2D eigenvalue weighted by atomic mass is 10.0. The number of unbranched alkanes of at least 4 members (excludes halogenated alkanes) is 1. The fourth-order valence-corrected chi connectivity index (χ4v) is 3.81. The van der Waals surface area contributed by atoms with Crippen LogP contribution in [0.3, 0.4) is 0 Å². The number of rotatable bonds is 8. The lowest BCUT2D eigenvalue weighted by Crippen LogP contribution is -2.17. The molecule has 4 rings (SSSR count). The van der Waals surface area contributed by atoms with Crippen molar-refractivity contribution >= 4 is 28.5 Å². The van der Waals surface area contributed by atoms with Gasteiger partial charge in [-0.25, -0.2) is 4.79 Å². The van der Waals surface area contributed by atoms with Gasteiger partial charge in [-0.05, 0) is 46.9 Å². The molecule has 0 aliphatic heterocycles. The van der Waals surface area contributed by atoms with E-state index in [9.17, 15) is 9.59 Å². The number of ether oxygens (including phenoxy) is 2. The zero-order chi connectivity index (χ0) is 23.8. The third kappa shape index (κ3) is 5.62.